The van der Waals surface area contributed by atoms with Crippen molar-refractivity contribution in [3.05, 3.63) is 39.2 Å². The van der Waals surface area contributed by atoms with E-state index in [1.165, 1.54) is 23.7 Å². The lowest BCUT2D eigenvalue weighted by Crippen LogP contribution is -2.34. The average Bonchev–Trinajstić information content (AvgIpc) is 2.48. The molecule has 4 rings (SSSR count). The molecule has 2 aliphatic rings. The Bertz CT molecular complexity index is 745. The van der Waals surface area contributed by atoms with Crippen LogP contribution >= 0.6 is 0 Å². The lowest BCUT2D eigenvalue weighted by atomic mass is 9.89. The molecule has 0 spiro atoms. The fourth-order valence-electron chi connectivity index (χ4n) is 3.67. The molecule has 0 amide bonds. The van der Waals surface area contributed by atoms with Crippen LogP contribution in [0.3, 0.4) is 0 Å². The maximum atomic E-state index is 11.7. The molecule has 4 heteroatoms. The topological polar surface area (TPSA) is 53.7 Å². The monoisotopic (exact) mass is 271 g/mol. The number of rotatable bonds is 1. The largest absolute Gasteiger partial charge is 0.422 e. The zero-order chi connectivity index (χ0) is 13.7. The van der Waals surface area contributed by atoms with E-state index >= 15 is 0 Å². The third-order valence-electron chi connectivity index (χ3n) is 4.48. The number of nitrogens with zero attached hydrogens (tertiary/aromatic N) is 1. The molecule has 2 aliphatic heterocycles. The van der Waals surface area contributed by atoms with E-state index in [2.05, 4.69) is 11.0 Å². The molecule has 0 saturated heterocycles. The Morgan fingerprint density at radius 2 is 2.00 bits per heavy atom. The molecule has 0 unspecified atom stereocenters. The Balaban J connectivity index is 2.12. The summed E-state index contributed by atoms with van der Waals surface area (Å²) in [6.45, 7) is 2.06. The SMILES string of the molecule is O=c1cc(CO)c2cc3c4c(c2o1)CCCN4CCC3. The van der Waals surface area contributed by atoms with Crippen LogP contribution in [-0.4, -0.2) is 18.2 Å². The van der Waals surface area contributed by atoms with Crippen molar-refractivity contribution in [2.75, 3.05) is 18.0 Å². The molecule has 2 aromatic rings. The van der Waals surface area contributed by atoms with Crippen LogP contribution < -0.4 is 10.5 Å². The zero-order valence-electron chi connectivity index (χ0n) is 11.3. The summed E-state index contributed by atoms with van der Waals surface area (Å²) in [6, 6.07) is 3.52. The van der Waals surface area contributed by atoms with Crippen molar-refractivity contribution >= 4 is 16.7 Å². The molecule has 0 fully saturated rings. The summed E-state index contributed by atoms with van der Waals surface area (Å²) >= 11 is 0. The van der Waals surface area contributed by atoms with Gasteiger partial charge in [0.25, 0.3) is 0 Å². The minimum Gasteiger partial charge on any atom is -0.422 e. The van der Waals surface area contributed by atoms with E-state index in [0.29, 0.717) is 11.1 Å². The van der Waals surface area contributed by atoms with E-state index in [9.17, 15) is 9.90 Å². The van der Waals surface area contributed by atoms with Crippen molar-refractivity contribution in [1.82, 2.24) is 0 Å². The van der Waals surface area contributed by atoms with Crippen LogP contribution in [0.25, 0.3) is 11.0 Å². The van der Waals surface area contributed by atoms with Gasteiger partial charge in [-0.3, -0.25) is 0 Å². The first kappa shape index (κ1) is 12.0. The quantitative estimate of drug-likeness (QED) is 0.806. The molecule has 1 N–H and O–H groups in total. The van der Waals surface area contributed by atoms with Crippen LogP contribution in [0.15, 0.2) is 21.3 Å². The Hall–Kier alpha value is -1.81. The second-order valence-corrected chi connectivity index (χ2v) is 5.68. The molecule has 0 atom stereocenters. The van der Waals surface area contributed by atoms with Crippen molar-refractivity contribution in [2.24, 2.45) is 0 Å². The molecule has 20 heavy (non-hydrogen) atoms. The molecule has 0 bridgehead atoms. The first-order valence-electron chi connectivity index (χ1n) is 7.25. The van der Waals surface area contributed by atoms with Crippen LogP contribution in [-0.2, 0) is 19.4 Å². The van der Waals surface area contributed by atoms with Gasteiger partial charge in [0.15, 0.2) is 0 Å². The fourth-order valence-corrected chi connectivity index (χ4v) is 3.67. The number of benzene rings is 1. The van der Waals surface area contributed by atoms with Gasteiger partial charge in [0.2, 0.25) is 0 Å². The zero-order valence-corrected chi connectivity index (χ0v) is 11.3. The number of aliphatic hydroxyl groups is 1. The molecule has 1 aromatic heterocycles. The maximum Gasteiger partial charge on any atom is 0.336 e. The predicted molar refractivity (Wildman–Crippen MR) is 77.3 cm³/mol. The Kier molecular flexibility index (Phi) is 2.60. The molecule has 104 valence electrons. The molecular weight excluding hydrogens is 254 g/mol. The standard InChI is InChI=1S/C16H17NO3/c18-9-11-8-14(19)20-16-12-4-2-6-17-5-1-3-10(15(12)17)7-13(11)16/h7-8,18H,1-6,9H2. The van der Waals surface area contributed by atoms with Gasteiger partial charge in [-0.1, -0.05) is 0 Å². The highest BCUT2D eigenvalue weighted by Gasteiger charge is 2.27. The van der Waals surface area contributed by atoms with Crippen LogP contribution in [0.5, 0.6) is 0 Å². The summed E-state index contributed by atoms with van der Waals surface area (Å²) < 4.78 is 5.48. The van der Waals surface area contributed by atoms with Gasteiger partial charge < -0.3 is 14.4 Å². The van der Waals surface area contributed by atoms with Gasteiger partial charge in [0.05, 0.1) is 6.61 Å². The van der Waals surface area contributed by atoms with Gasteiger partial charge in [0.1, 0.15) is 5.58 Å². The molecule has 0 aliphatic carbocycles. The molecule has 0 saturated carbocycles. The average molecular weight is 271 g/mol. The van der Waals surface area contributed by atoms with E-state index in [1.54, 1.807) is 0 Å². The van der Waals surface area contributed by atoms with Crippen LogP contribution in [0.1, 0.15) is 29.5 Å². The normalized spacial score (nSPS) is 17.4. The van der Waals surface area contributed by atoms with E-state index < -0.39 is 0 Å². The summed E-state index contributed by atoms with van der Waals surface area (Å²) in [6.07, 6.45) is 4.29. The third kappa shape index (κ3) is 1.61. The molecule has 3 heterocycles. The summed E-state index contributed by atoms with van der Waals surface area (Å²) in [5.74, 6) is 0. The summed E-state index contributed by atoms with van der Waals surface area (Å²) in [5.41, 5.74) is 4.78. The Labute approximate surface area is 116 Å². The van der Waals surface area contributed by atoms with Crippen LogP contribution in [0, 0.1) is 0 Å². The van der Waals surface area contributed by atoms with Crippen LogP contribution in [0.2, 0.25) is 0 Å². The molecule has 1 aromatic carbocycles. The van der Waals surface area contributed by atoms with Gasteiger partial charge in [-0.25, -0.2) is 4.79 Å². The molecule has 4 nitrogen and oxygen atoms in total. The fraction of sp³-hybridized carbons (Fsp3) is 0.438. The van der Waals surface area contributed by atoms with Gasteiger partial charge in [0, 0.05) is 35.8 Å². The second kappa shape index (κ2) is 4.35. The minimum atomic E-state index is -0.370. The highest BCUT2D eigenvalue weighted by atomic mass is 16.4. The highest BCUT2D eigenvalue weighted by molar-refractivity contribution is 5.90. The first-order chi connectivity index (χ1) is 9.78. The maximum absolute atomic E-state index is 11.7. The van der Waals surface area contributed by atoms with E-state index in [0.717, 1.165) is 43.3 Å². The van der Waals surface area contributed by atoms with Crippen molar-refractivity contribution < 1.29 is 9.52 Å². The van der Waals surface area contributed by atoms with Gasteiger partial charge in [-0.15, -0.1) is 0 Å². The number of hydrogen-bond acceptors (Lipinski definition) is 4. The van der Waals surface area contributed by atoms with E-state index in [4.69, 9.17) is 4.42 Å². The van der Waals surface area contributed by atoms with Crippen molar-refractivity contribution in [3.8, 4) is 0 Å². The molecular formula is C16H17NO3. The Morgan fingerprint density at radius 1 is 1.20 bits per heavy atom. The number of aryl methyl sites for hydroxylation is 2. The van der Waals surface area contributed by atoms with Crippen molar-refractivity contribution in [2.45, 2.75) is 32.3 Å². The highest BCUT2D eigenvalue weighted by Crippen LogP contribution is 2.40. The van der Waals surface area contributed by atoms with E-state index in [-0.39, 0.29) is 12.2 Å². The number of aliphatic hydroxyl groups excluding tert-OH is 1. The lowest BCUT2D eigenvalue weighted by Gasteiger charge is -2.37. The summed E-state index contributed by atoms with van der Waals surface area (Å²) in [7, 11) is 0. The molecule has 0 radical (unpaired) electrons. The first-order valence-corrected chi connectivity index (χ1v) is 7.25. The van der Waals surface area contributed by atoms with Crippen LogP contribution in [0.4, 0.5) is 5.69 Å². The number of fused-ring (bicyclic) bond motifs is 2. The van der Waals surface area contributed by atoms with Gasteiger partial charge in [-0.2, -0.15) is 0 Å². The van der Waals surface area contributed by atoms with Gasteiger partial charge >= 0.3 is 5.63 Å². The second-order valence-electron chi connectivity index (χ2n) is 5.68. The van der Waals surface area contributed by atoms with Gasteiger partial charge in [-0.05, 0) is 42.9 Å². The van der Waals surface area contributed by atoms with Crippen molar-refractivity contribution in [3.63, 3.8) is 0 Å². The lowest BCUT2D eigenvalue weighted by molar-refractivity contribution is 0.282. The third-order valence-corrected chi connectivity index (χ3v) is 4.48. The van der Waals surface area contributed by atoms with E-state index in [1.807, 2.05) is 0 Å². The predicted octanol–water partition coefficient (Wildman–Crippen LogP) is 1.98. The van der Waals surface area contributed by atoms with Crippen molar-refractivity contribution in [1.29, 1.82) is 0 Å². The minimum absolute atomic E-state index is 0.121. The smallest absolute Gasteiger partial charge is 0.336 e. The summed E-state index contributed by atoms with van der Waals surface area (Å²) in [4.78, 5) is 14.1. The Morgan fingerprint density at radius 3 is 2.80 bits per heavy atom. The summed E-state index contributed by atoms with van der Waals surface area (Å²) in [5, 5.41) is 10.4. The number of hydrogen-bond donors (Lipinski definition) is 1. The number of anilines is 1.